The molecule has 0 saturated carbocycles. The number of rotatable bonds is 4. The summed E-state index contributed by atoms with van der Waals surface area (Å²) in [7, 11) is 1.34. The molecule has 0 aliphatic carbocycles. The number of hydrogen-bond acceptors (Lipinski definition) is 6. The second-order valence-corrected chi connectivity index (χ2v) is 4.26. The summed E-state index contributed by atoms with van der Waals surface area (Å²) < 4.78 is 51.5. The molecule has 0 spiro atoms. The number of anilines is 3. The quantitative estimate of drug-likeness (QED) is 0.507. The Balaban J connectivity index is 2.40. The Labute approximate surface area is 126 Å². The van der Waals surface area contributed by atoms with Gasteiger partial charge in [0.15, 0.2) is 5.69 Å². The molecule has 1 aromatic heterocycles. The zero-order chi connectivity index (χ0) is 17.2. The maximum Gasteiger partial charge on any atom is 0.433 e. The monoisotopic (exact) mass is 331 g/mol. The minimum absolute atomic E-state index is 0.00646. The largest absolute Gasteiger partial charge is 0.433 e. The first-order chi connectivity index (χ1) is 10.7. The highest BCUT2D eigenvalue weighted by atomic mass is 19.4. The van der Waals surface area contributed by atoms with Crippen molar-refractivity contribution in [1.82, 2.24) is 9.97 Å². The molecule has 122 valence electrons. The molecule has 7 nitrogen and oxygen atoms in total. The number of hydrogen-bond donors (Lipinski definition) is 2. The van der Waals surface area contributed by atoms with Crippen LogP contribution in [0, 0.1) is 15.9 Å². The molecule has 1 heterocycles. The number of nitrogens with zero attached hydrogens (tertiary/aromatic N) is 3. The van der Waals surface area contributed by atoms with E-state index in [1.807, 2.05) is 0 Å². The molecule has 0 amide bonds. The molecule has 0 bridgehead atoms. The van der Waals surface area contributed by atoms with Crippen LogP contribution in [0.25, 0.3) is 0 Å². The fourth-order valence-corrected chi connectivity index (χ4v) is 1.65. The van der Waals surface area contributed by atoms with Crippen molar-refractivity contribution in [2.24, 2.45) is 0 Å². The minimum atomic E-state index is -4.69. The van der Waals surface area contributed by atoms with Gasteiger partial charge in [-0.2, -0.15) is 22.5 Å². The van der Waals surface area contributed by atoms with E-state index in [0.717, 1.165) is 18.2 Å². The highest BCUT2D eigenvalue weighted by Crippen LogP contribution is 2.31. The second kappa shape index (κ2) is 6.02. The van der Waals surface area contributed by atoms with Crippen molar-refractivity contribution in [2.75, 3.05) is 17.7 Å². The standard InChI is InChI=1S/C12H9F4N5O2/c1-17-11-19-9(12(14,15)16)5-10(20-11)18-6-2-3-7(13)8(4-6)21(22)23/h2-5H,1H3,(H2,17,18,19,20). The van der Waals surface area contributed by atoms with Crippen LogP contribution in [0.4, 0.5) is 40.7 Å². The third-order valence-electron chi connectivity index (χ3n) is 2.66. The van der Waals surface area contributed by atoms with E-state index in [1.54, 1.807) is 0 Å². The fourth-order valence-electron chi connectivity index (χ4n) is 1.65. The lowest BCUT2D eigenvalue weighted by Gasteiger charge is -2.11. The van der Waals surface area contributed by atoms with Gasteiger partial charge in [0.1, 0.15) is 5.82 Å². The molecule has 1 aromatic carbocycles. The van der Waals surface area contributed by atoms with Crippen LogP contribution in [0.1, 0.15) is 5.69 Å². The van der Waals surface area contributed by atoms with Crippen molar-refractivity contribution < 1.29 is 22.5 Å². The van der Waals surface area contributed by atoms with E-state index in [-0.39, 0.29) is 17.5 Å². The molecule has 0 fully saturated rings. The van der Waals surface area contributed by atoms with Crippen molar-refractivity contribution in [2.45, 2.75) is 6.18 Å². The molecule has 0 atom stereocenters. The van der Waals surface area contributed by atoms with Crippen LogP contribution in [0.2, 0.25) is 0 Å². The Hall–Kier alpha value is -2.98. The lowest BCUT2D eigenvalue weighted by atomic mass is 10.2. The molecule has 23 heavy (non-hydrogen) atoms. The molecule has 0 aliphatic heterocycles. The van der Waals surface area contributed by atoms with Gasteiger partial charge in [-0.05, 0) is 12.1 Å². The van der Waals surface area contributed by atoms with E-state index in [1.165, 1.54) is 7.05 Å². The summed E-state index contributed by atoms with van der Waals surface area (Å²) in [6.07, 6.45) is -4.69. The van der Waals surface area contributed by atoms with Gasteiger partial charge in [-0.15, -0.1) is 0 Å². The Morgan fingerprint density at radius 3 is 2.48 bits per heavy atom. The number of alkyl halides is 3. The molecule has 0 radical (unpaired) electrons. The van der Waals surface area contributed by atoms with E-state index < -0.39 is 28.3 Å². The number of nitrogens with one attached hydrogen (secondary N) is 2. The minimum Gasteiger partial charge on any atom is -0.357 e. The van der Waals surface area contributed by atoms with E-state index in [2.05, 4.69) is 20.6 Å². The normalized spacial score (nSPS) is 11.2. The smallest absolute Gasteiger partial charge is 0.357 e. The van der Waals surface area contributed by atoms with Crippen LogP contribution in [0.3, 0.4) is 0 Å². The van der Waals surface area contributed by atoms with Gasteiger partial charge >= 0.3 is 11.9 Å². The number of halogens is 4. The predicted molar refractivity (Wildman–Crippen MR) is 72.9 cm³/mol. The number of nitro groups is 1. The topological polar surface area (TPSA) is 93.0 Å². The van der Waals surface area contributed by atoms with Crippen LogP contribution in [0.15, 0.2) is 24.3 Å². The average molecular weight is 331 g/mol. The zero-order valence-corrected chi connectivity index (χ0v) is 11.5. The van der Waals surface area contributed by atoms with Gasteiger partial charge in [0, 0.05) is 24.9 Å². The fraction of sp³-hybridized carbons (Fsp3) is 0.167. The Morgan fingerprint density at radius 2 is 1.91 bits per heavy atom. The van der Waals surface area contributed by atoms with Crippen molar-refractivity contribution >= 4 is 23.1 Å². The van der Waals surface area contributed by atoms with Crippen molar-refractivity contribution in [3.63, 3.8) is 0 Å². The molecule has 2 aromatic rings. The van der Waals surface area contributed by atoms with E-state index >= 15 is 0 Å². The predicted octanol–water partition coefficient (Wildman–Crippen LogP) is 3.33. The lowest BCUT2D eigenvalue weighted by molar-refractivity contribution is -0.387. The van der Waals surface area contributed by atoms with Gasteiger partial charge in [0.25, 0.3) is 0 Å². The van der Waals surface area contributed by atoms with Gasteiger partial charge in [-0.3, -0.25) is 10.1 Å². The first kappa shape index (κ1) is 16.4. The van der Waals surface area contributed by atoms with Crippen molar-refractivity contribution in [3.05, 3.63) is 45.9 Å². The van der Waals surface area contributed by atoms with Crippen LogP contribution in [-0.4, -0.2) is 21.9 Å². The van der Waals surface area contributed by atoms with E-state index in [9.17, 15) is 27.7 Å². The molecule has 0 unspecified atom stereocenters. The first-order valence-electron chi connectivity index (χ1n) is 6.05. The highest BCUT2D eigenvalue weighted by Gasteiger charge is 2.33. The van der Waals surface area contributed by atoms with Crippen molar-refractivity contribution in [1.29, 1.82) is 0 Å². The Bertz CT molecular complexity index is 751. The van der Waals surface area contributed by atoms with Gasteiger partial charge in [-0.25, -0.2) is 4.98 Å². The Kier molecular flexibility index (Phi) is 4.29. The molecule has 0 saturated heterocycles. The van der Waals surface area contributed by atoms with Gasteiger partial charge < -0.3 is 10.6 Å². The summed E-state index contributed by atoms with van der Waals surface area (Å²) in [5.74, 6) is -1.60. The summed E-state index contributed by atoms with van der Waals surface area (Å²) in [6, 6.07) is 3.45. The second-order valence-electron chi connectivity index (χ2n) is 4.26. The van der Waals surface area contributed by atoms with Crippen LogP contribution in [-0.2, 0) is 6.18 Å². The summed E-state index contributed by atoms with van der Waals surface area (Å²) in [5, 5.41) is 15.5. The van der Waals surface area contributed by atoms with Crippen molar-refractivity contribution in [3.8, 4) is 0 Å². The Morgan fingerprint density at radius 1 is 1.22 bits per heavy atom. The van der Waals surface area contributed by atoms with Gasteiger partial charge in [0.2, 0.25) is 11.8 Å². The maximum atomic E-state index is 13.2. The number of nitro benzene ring substituents is 1. The summed E-state index contributed by atoms with van der Waals surface area (Å²) in [4.78, 5) is 16.8. The molecule has 0 aliphatic rings. The van der Waals surface area contributed by atoms with Gasteiger partial charge in [0.05, 0.1) is 4.92 Å². The third-order valence-corrected chi connectivity index (χ3v) is 2.66. The lowest BCUT2D eigenvalue weighted by Crippen LogP contribution is -2.12. The summed E-state index contributed by atoms with van der Waals surface area (Å²) in [6.45, 7) is 0. The SMILES string of the molecule is CNc1nc(Nc2ccc(F)c([N+](=O)[O-])c2)cc(C(F)(F)F)n1. The van der Waals surface area contributed by atoms with Crippen LogP contribution in [0.5, 0.6) is 0 Å². The van der Waals surface area contributed by atoms with Gasteiger partial charge in [-0.1, -0.05) is 0 Å². The average Bonchev–Trinajstić information content (AvgIpc) is 2.47. The molecular weight excluding hydrogens is 322 g/mol. The van der Waals surface area contributed by atoms with Crippen LogP contribution >= 0.6 is 0 Å². The van der Waals surface area contributed by atoms with E-state index in [4.69, 9.17) is 0 Å². The molecular formula is C12H9F4N5O2. The maximum absolute atomic E-state index is 13.2. The molecule has 2 rings (SSSR count). The number of benzene rings is 1. The third kappa shape index (κ3) is 3.81. The summed E-state index contributed by atoms with van der Waals surface area (Å²) in [5.41, 5.74) is -2.00. The molecule has 2 N–H and O–H groups in total. The van der Waals surface area contributed by atoms with E-state index in [0.29, 0.717) is 6.07 Å². The van der Waals surface area contributed by atoms with Crippen LogP contribution < -0.4 is 10.6 Å². The first-order valence-corrected chi connectivity index (χ1v) is 6.05. The molecule has 11 heteroatoms. The summed E-state index contributed by atoms with van der Waals surface area (Å²) >= 11 is 0. The highest BCUT2D eigenvalue weighted by molar-refractivity contribution is 5.61. The zero-order valence-electron chi connectivity index (χ0n) is 11.5. The number of aromatic nitrogens is 2.